The van der Waals surface area contributed by atoms with E-state index in [-0.39, 0.29) is 18.3 Å². The van der Waals surface area contributed by atoms with Crippen LogP contribution in [0.2, 0.25) is 5.02 Å². The molecule has 0 aliphatic rings. The van der Waals surface area contributed by atoms with Gasteiger partial charge >= 0.3 is 0 Å². The SMILES string of the molecule is CC(=O)NCCCc1ccc(C(=O)COc2ccc(Cl)c(C)c2)cc1. The highest BCUT2D eigenvalue weighted by Gasteiger charge is 2.08. The third-order valence-corrected chi connectivity index (χ3v) is 4.22. The zero-order valence-electron chi connectivity index (χ0n) is 14.5. The molecule has 132 valence electrons. The maximum absolute atomic E-state index is 12.2. The Labute approximate surface area is 153 Å². The van der Waals surface area contributed by atoms with E-state index >= 15 is 0 Å². The predicted molar refractivity (Wildman–Crippen MR) is 99.5 cm³/mol. The lowest BCUT2D eigenvalue weighted by Crippen LogP contribution is -2.21. The van der Waals surface area contributed by atoms with Crippen LogP contribution in [-0.4, -0.2) is 24.8 Å². The molecule has 0 unspecified atom stereocenters. The van der Waals surface area contributed by atoms with Crippen LogP contribution in [0.5, 0.6) is 5.75 Å². The molecule has 2 aromatic carbocycles. The number of hydrogen-bond acceptors (Lipinski definition) is 3. The average molecular weight is 360 g/mol. The summed E-state index contributed by atoms with van der Waals surface area (Å²) < 4.78 is 5.54. The summed E-state index contributed by atoms with van der Waals surface area (Å²) >= 11 is 5.97. The minimum Gasteiger partial charge on any atom is -0.485 e. The standard InChI is InChI=1S/C20H22ClNO3/c1-14-12-18(9-10-19(14)21)25-13-20(24)17-7-5-16(6-8-17)4-3-11-22-15(2)23/h5-10,12H,3-4,11,13H2,1-2H3,(H,22,23). The molecule has 0 saturated heterocycles. The largest absolute Gasteiger partial charge is 0.485 e. The molecule has 0 spiro atoms. The molecule has 1 amide bonds. The number of benzene rings is 2. The first-order valence-electron chi connectivity index (χ1n) is 8.21. The summed E-state index contributed by atoms with van der Waals surface area (Å²) in [5, 5.41) is 3.44. The fourth-order valence-electron chi connectivity index (χ4n) is 2.35. The van der Waals surface area contributed by atoms with E-state index < -0.39 is 0 Å². The highest BCUT2D eigenvalue weighted by Crippen LogP contribution is 2.21. The molecule has 0 fully saturated rings. The monoisotopic (exact) mass is 359 g/mol. The number of aryl methyl sites for hydroxylation is 2. The molecule has 0 aromatic heterocycles. The number of Topliss-reactive ketones (excluding diaryl/α,β-unsaturated/α-hetero) is 1. The van der Waals surface area contributed by atoms with E-state index in [0.29, 0.717) is 22.9 Å². The fraction of sp³-hybridized carbons (Fsp3) is 0.300. The van der Waals surface area contributed by atoms with Crippen LogP contribution in [0.25, 0.3) is 0 Å². The second-order valence-electron chi connectivity index (χ2n) is 5.91. The molecule has 5 heteroatoms. The lowest BCUT2D eigenvalue weighted by atomic mass is 10.1. The zero-order valence-corrected chi connectivity index (χ0v) is 15.2. The average Bonchev–Trinajstić information content (AvgIpc) is 2.60. The summed E-state index contributed by atoms with van der Waals surface area (Å²) in [7, 11) is 0. The lowest BCUT2D eigenvalue weighted by Gasteiger charge is -2.08. The van der Waals surface area contributed by atoms with Crippen LogP contribution >= 0.6 is 11.6 Å². The Morgan fingerprint density at radius 1 is 1.12 bits per heavy atom. The summed E-state index contributed by atoms with van der Waals surface area (Å²) in [4.78, 5) is 23.0. The predicted octanol–water partition coefficient (Wildman–Crippen LogP) is 3.98. The number of ether oxygens (including phenoxy) is 1. The molecule has 1 N–H and O–H groups in total. The summed E-state index contributed by atoms with van der Waals surface area (Å²) in [6, 6.07) is 12.8. The van der Waals surface area contributed by atoms with Gasteiger partial charge in [-0.1, -0.05) is 35.9 Å². The lowest BCUT2D eigenvalue weighted by molar-refractivity contribution is -0.118. The van der Waals surface area contributed by atoms with Crippen molar-refractivity contribution in [3.05, 3.63) is 64.2 Å². The number of amides is 1. The normalized spacial score (nSPS) is 10.4. The molecule has 2 aromatic rings. The molecule has 0 bridgehead atoms. The molecule has 0 aliphatic heterocycles. The van der Waals surface area contributed by atoms with Gasteiger partial charge in [-0.3, -0.25) is 9.59 Å². The number of hydrogen-bond donors (Lipinski definition) is 1. The van der Waals surface area contributed by atoms with Gasteiger partial charge in [-0.25, -0.2) is 0 Å². The minimum absolute atomic E-state index is 0.0110. The van der Waals surface area contributed by atoms with Crippen LogP contribution in [-0.2, 0) is 11.2 Å². The number of carbonyl (C=O) groups excluding carboxylic acids is 2. The van der Waals surface area contributed by atoms with Crippen LogP contribution in [0.3, 0.4) is 0 Å². The summed E-state index contributed by atoms with van der Waals surface area (Å²) in [5.41, 5.74) is 2.67. The van der Waals surface area contributed by atoms with Crippen LogP contribution < -0.4 is 10.1 Å². The molecule has 2 rings (SSSR count). The highest BCUT2D eigenvalue weighted by molar-refractivity contribution is 6.31. The quantitative estimate of drug-likeness (QED) is 0.573. The first-order valence-corrected chi connectivity index (χ1v) is 8.59. The highest BCUT2D eigenvalue weighted by atomic mass is 35.5. The Bertz CT molecular complexity index is 741. The Kier molecular flexibility index (Phi) is 7.02. The van der Waals surface area contributed by atoms with E-state index in [9.17, 15) is 9.59 Å². The second kappa shape index (κ2) is 9.23. The van der Waals surface area contributed by atoms with E-state index in [2.05, 4.69) is 5.32 Å². The minimum atomic E-state index is -0.0719. The van der Waals surface area contributed by atoms with E-state index in [1.165, 1.54) is 6.92 Å². The van der Waals surface area contributed by atoms with Crippen molar-refractivity contribution in [2.75, 3.05) is 13.2 Å². The van der Waals surface area contributed by atoms with E-state index in [4.69, 9.17) is 16.3 Å². The molecule has 0 heterocycles. The fourth-order valence-corrected chi connectivity index (χ4v) is 2.47. The zero-order chi connectivity index (χ0) is 18.2. The summed E-state index contributed by atoms with van der Waals surface area (Å²) in [5.74, 6) is 0.541. The van der Waals surface area contributed by atoms with Gasteiger partial charge in [0.15, 0.2) is 12.4 Å². The van der Waals surface area contributed by atoms with Crippen molar-refractivity contribution in [3.8, 4) is 5.75 Å². The number of rotatable bonds is 8. The van der Waals surface area contributed by atoms with Crippen molar-refractivity contribution in [2.24, 2.45) is 0 Å². The van der Waals surface area contributed by atoms with Crippen LogP contribution in [0.1, 0.15) is 34.8 Å². The van der Waals surface area contributed by atoms with Gasteiger partial charge in [0, 0.05) is 24.1 Å². The first kappa shape index (κ1) is 19.0. The van der Waals surface area contributed by atoms with Crippen molar-refractivity contribution < 1.29 is 14.3 Å². The van der Waals surface area contributed by atoms with Gasteiger partial charge in [-0.2, -0.15) is 0 Å². The third kappa shape index (κ3) is 6.24. The van der Waals surface area contributed by atoms with E-state index in [1.54, 1.807) is 12.1 Å². The van der Waals surface area contributed by atoms with Crippen molar-refractivity contribution in [2.45, 2.75) is 26.7 Å². The molecule has 25 heavy (non-hydrogen) atoms. The molecular weight excluding hydrogens is 338 g/mol. The van der Waals surface area contributed by atoms with Gasteiger partial charge in [-0.15, -0.1) is 0 Å². The smallest absolute Gasteiger partial charge is 0.216 e. The van der Waals surface area contributed by atoms with Crippen molar-refractivity contribution in [1.82, 2.24) is 5.32 Å². The number of carbonyl (C=O) groups is 2. The Morgan fingerprint density at radius 2 is 1.84 bits per heavy atom. The van der Waals surface area contributed by atoms with Gasteiger partial charge in [0.25, 0.3) is 0 Å². The van der Waals surface area contributed by atoms with Crippen LogP contribution in [0.15, 0.2) is 42.5 Å². The molecule has 0 atom stereocenters. The molecule has 4 nitrogen and oxygen atoms in total. The number of halogens is 1. The molecular formula is C20H22ClNO3. The third-order valence-electron chi connectivity index (χ3n) is 3.79. The Hall–Kier alpha value is -2.33. The second-order valence-corrected chi connectivity index (χ2v) is 6.31. The van der Waals surface area contributed by atoms with Gasteiger partial charge in [0.2, 0.25) is 5.91 Å². The Balaban J connectivity index is 1.83. The Morgan fingerprint density at radius 3 is 2.48 bits per heavy atom. The topological polar surface area (TPSA) is 55.4 Å². The van der Waals surface area contributed by atoms with Gasteiger partial charge in [0.05, 0.1) is 0 Å². The number of ketones is 1. The van der Waals surface area contributed by atoms with E-state index in [0.717, 1.165) is 24.0 Å². The maximum Gasteiger partial charge on any atom is 0.216 e. The molecule has 0 radical (unpaired) electrons. The summed E-state index contributed by atoms with van der Waals surface area (Å²) in [6.07, 6.45) is 1.72. The van der Waals surface area contributed by atoms with Gasteiger partial charge in [0.1, 0.15) is 5.75 Å². The first-order chi connectivity index (χ1) is 12.0. The number of nitrogens with one attached hydrogen (secondary N) is 1. The van der Waals surface area contributed by atoms with Crippen molar-refractivity contribution in [1.29, 1.82) is 0 Å². The van der Waals surface area contributed by atoms with Gasteiger partial charge in [-0.05, 0) is 49.1 Å². The van der Waals surface area contributed by atoms with Crippen LogP contribution in [0, 0.1) is 6.92 Å². The molecule has 0 saturated carbocycles. The maximum atomic E-state index is 12.2. The molecule has 0 aliphatic carbocycles. The van der Waals surface area contributed by atoms with Crippen molar-refractivity contribution >= 4 is 23.3 Å². The summed E-state index contributed by atoms with van der Waals surface area (Å²) in [6.45, 7) is 4.04. The van der Waals surface area contributed by atoms with Gasteiger partial charge < -0.3 is 10.1 Å². The van der Waals surface area contributed by atoms with Crippen LogP contribution in [0.4, 0.5) is 0 Å². The van der Waals surface area contributed by atoms with E-state index in [1.807, 2.05) is 37.3 Å². The van der Waals surface area contributed by atoms with Crippen molar-refractivity contribution in [3.63, 3.8) is 0 Å².